The molecule has 1 aromatic rings. The van der Waals surface area contributed by atoms with Gasteiger partial charge in [0, 0.05) is 15.9 Å². The molecule has 5 heteroatoms. The van der Waals surface area contributed by atoms with Gasteiger partial charge in [0.15, 0.2) is 0 Å². The van der Waals surface area contributed by atoms with Gasteiger partial charge in [0.25, 0.3) is 0 Å². The molecule has 0 radical (unpaired) electrons. The van der Waals surface area contributed by atoms with E-state index in [0.717, 1.165) is 30.3 Å². The Bertz CT molecular complexity index is 474. The molecule has 0 saturated carbocycles. The second-order valence-electron chi connectivity index (χ2n) is 6.02. The van der Waals surface area contributed by atoms with E-state index in [1.807, 2.05) is 19.9 Å². The van der Waals surface area contributed by atoms with Crippen molar-refractivity contribution in [1.82, 2.24) is 5.32 Å². The number of amidine groups is 1. The quantitative estimate of drug-likeness (QED) is 0.216. The lowest BCUT2D eigenvalue weighted by molar-refractivity contribution is 0.304. The van der Waals surface area contributed by atoms with Gasteiger partial charge in [-0.15, -0.1) is 0 Å². The Kier molecular flexibility index (Phi) is 7.18. The maximum absolute atomic E-state index is 8.74. The summed E-state index contributed by atoms with van der Waals surface area (Å²) in [6.07, 6.45) is 3.02. The maximum atomic E-state index is 8.74. The number of halogens is 1. The lowest BCUT2D eigenvalue weighted by Gasteiger charge is -2.23. The van der Waals surface area contributed by atoms with Crippen LogP contribution in [0.3, 0.4) is 0 Å². The molecule has 0 aliphatic carbocycles. The van der Waals surface area contributed by atoms with Gasteiger partial charge in [0.05, 0.1) is 0 Å². The molecule has 0 fully saturated rings. The zero-order valence-electron chi connectivity index (χ0n) is 13.1. The number of hydrogen-bond acceptors (Lipinski definition) is 3. The van der Waals surface area contributed by atoms with Crippen LogP contribution >= 0.6 is 15.9 Å². The summed E-state index contributed by atoms with van der Waals surface area (Å²) in [5, 5.41) is 15.4. The van der Waals surface area contributed by atoms with Crippen molar-refractivity contribution in [3.63, 3.8) is 0 Å². The monoisotopic (exact) mass is 355 g/mol. The third-order valence-electron chi connectivity index (χ3n) is 3.85. The number of rotatable bonds is 8. The third-order valence-corrected chi connectivity index (χ3v) is 4.57. The van der Waals surface area contributed by atoms with Crippen LogP contribution in [0.5, 0.6) is 0 Å². The summed E-state index contributed by atoms with van der Waals surface area (Å²) >= 11 is 3.58. The van der Waals surface area contributed by atoms with Crippen LogP contribution < -0.4 is 11.1 Å². The van der Waals surface area contributed by atoms with Crippen LogP contribution in [0.4, 0.5) is 0 Å². The van der Waals surface area contributed by atoms with Gasteiger partial charge in [-0.1, -0.05) is 59.6 Å². The molecule has 4 nitrogen and oxygen atoms in total. The molecule has 118 valence electrons. The second kappa shape index (κ2) is 8.39. The van der Waals surface area contributed by atoms with Crippen LogP contribution in [0, 0.1) is 5.41 Å². The molecule has 4 N–H and O–H groups in total. The van der Waals surface area contributed by atoms with Crippen molar-refractivity contribution in [3.05, 3.63) is 34.3 Å². The lowest BCUT2D eigenvalue weighted by Crippen LogP contribution is -2.32. The number of unbranched alkanes of at least 4 members (excludes halogenated alkanes) is 1. The van der Waals surface area contributed by atoms with Gasteiger partial charge in [0.2, 0.25) is 0 Å². The molecule has 0 heterocycles. The number of oxime groups is 1. The van der Waals surface area contributed by atoms with Gasteiger partial charge in [-0.3, -0.25) is 0 Å². The van der Waals surface area contributed by atoms with E-state index in [1.165, 1.54) is 5.56 Å². The van der Waals surface area contributed by atoms with Crippen LogP contribution in [0.2, 0.25) is 0 Å². The SMILES string of the molecule is C[C@H](NCCCCC(C)(C)/C(N)=N/O)c1ccccc1Br. The Morgan fingerprint density at radius 2 is 2.05 bits per heavy atom. The average Bonchev–Trinajstić information content (AvgIpc) is 2.46. The zero-order chi connectivity index (χ0) is 15.9. The third kappa shape index (κ3) is 5.67. The van der Waals surface area contributed by atoms with Gasteiger partial charge < -0.3 is 16.3 Å². The summed E-state index contributed by atoms with van der Waals surface area (Å²) in [7, 11) is 0. The maximum Gasteiger partial charge on any atom is 0.144 e. The summed E-state index contributed by atoms with van der Waals surface area (Å²) in [4.78, 5) is 0. The Labute approximate surface area is 135 Å². The number of nitrogens with zero attached hydrogens (tertiary/aromatic N) is 1. The van der Waals surface area contributed by atoms with E-state index in [-0.39, 0.29) is 5.41 Å². The van der Waals surface area contributed by atoms with Crippen LogP contribution in [0.15, 0.2) is 33.9 Å². The van der Waals surface area contributed by atoms with Crippen LogP contribution in [-0.4, -0.2) is 17.6 Å². The minimum Gasteiger partial charge on any atom is -0.409 e. The van der Waals surface area contributed by atoms with E-state index in [2.05, 4.69) is 51.5 Å². The highest BCUT2D eigenvalue weighted by atomic mass is 79.9. The largest absolute Gasteiger partial charge is 0.409 e. The van der Waals surface area contributed by atoms with Gasteiger partial charge in [0.1, 0.15) is 5.84 Å². The average molecular weight is 356 g/mol. The molecule has 1 rings (SSSR count). The molecular formula is C16H26BrN3O. The first-order chi connectivity index (χ1) is 9.88. The van der Waals surface area contributed by atoms with Crippen LogP contribution in [-0.2, 0) is 0 Å². The molecule has 21 heavy (non-hydrogen) atoms. The smallest absolute Gasteiger partial charge is 0.144 e. The minimum absolute atomic E-state index is 0.247. The van der Waals surface area contributed by atoms with E-state index in [0.29, 0.717) is 11.9 Å². The predicted molar refractivity (Wildman–Crippen MR) is 91.6 cm³/mol. The second-order valence-corrected chi connectivity index (χ2v) is 6.88. The van der Waals surface area contributed by atoms with Crippen molar-refractivity contribution in [3.8, 4) is 0 Å². The Morgan fingerprint density at radius 1 is 1.38 bits per heavy atom. The molecule has 1 atom stereocenters. The van der Waals surface area contributed by atoms with E-state index in [4.69, 9.17) is 10.9 Å². The molecule has 0 amide bonds. The Morgan fingerprint density at radius 3 is 2.67 bits per heavy atom. The summed E-state index contributed by atoms with van der Waals surface area (Å²) < 4.78 is 1.14. The highest BCUT2D eigenvalue weighted by molar-refractivity contribution is 9.10. The highest BCUT2D eigenvalue weighted by Crippen LogP contribution is 2.24. The summed E-state index contributed by atoms with van der Waals surface area (Å²) in [6, 6.07) is 8.58. The minimum atomic E-state index is -0.247. The molecule has 0 bridgehead atoms. The number of hydrogen-bond donors (Lipinski definition) is 3. The molecule has 0 aromatic heterocycles. The molecule has 0 aliphatic rings. The van der Waals surface area contributed by atoms with E-state index >= 15 is 0 Å². The van der Waals surface area contributed by atoms with Crippen molar-refractivity contribution in [1.29, 1.82) is 0 Å². The van der Waals surface area contributed by atoms with Gasteiger partial charge in [-0.05, 0) is 37.9 Å². The van der Waals surface area contributed by atoms with E-state index in [1.54, 1.807) is 0 Å². The first-order valence-electron chi connectivity index (χ1n) is 7.34. The highest BCUT2D eigenvalue weighted by Gasteiger charge is 2.22. The predicted octanol–water partition coefficient (Wildman–Crippen LogP) is 4.04. The fourth-order valence-corrected chi connectivity index (χ4v) is 2.84. The Hall–Kier alpha value is -1.07. The standard InChI is InChI=1S/C16H26BrN3O/c1-12(13-8-4-5-9-14(13)17)19-11-7-6-10-16(2,3)15(18)20-21/h4-5,8-9,12,19,21H,6-7,10-11H2,1-3H3,(H2,18,20)/t12-/m0/s1. The number of nitrogens with two attached hydrogens (primary N) is 1. The molecule has 0 aliphatic heterocycles. The van der Waals surface area contributed by atoms with Crippen molar-refractivity contribution in [2.75, 3.05) is 6.54 Å². The number of benzene rings is 1. The summed E-state index contributed by atoms with van der Waals surface area (Å²) in [6.45, 7) is 7.12. The zero-order valence-corrected chi connectivity index (χ0v) is 14.7. The molecular weight excluding hydrogens is 330 g/mol. The van der Waals surface area contributed by atoms with Crippen LogP contribution in [0.25, 0.3) is 0 Å². The fraction of sp³-hybridized carbons (Fsp3) is 0.562. The fourth-order valence-electron chi connectivity index (χ4n) is 2.21. The summed E-state index contributed by atoms with van der Waals surface area (Å²) in [5.74, 6) is 0.303. The van der Waals surface area contributed by atoms with Crippen LogP contribution in [0.1, 0.15) is 51.6 Å². The van der Waals surface area contributed by atoms with E-state index < -0.39 is 0 Å². The summed E-state index contributed by atoms with van der Waals surface area (Å²) in [5.41, 5.74) is 6.71. The van der Waals surface area contributed by atoms with Gasteiger partial charge in [-0.25, -0.2) is 0 Å². The number of nitrogens with one attached hydrogen (secondary N) is 1. The van der Waals surface area contributed by atoms with Gasteiger partial charge >= 0.3 is 0 Å². The van der Waals surface area contributed by atoms with Crippen molar-refractivity contribution in [2.24, 2.45) is 16.3 Å². The first-order valence-corrected chi connectivity index (χ1v) is 8.13. The molecule has 0 spiro atoms. The topological polar surface area (TPSA) is 70.6 Å². The first kappa shape index (κ1) is 18.0. The lowest BCUT2D eigenvalue weighted by atomic mass is 9.86. The van der Waals surface area contributed by atoms with Crippen molar-refractivity contribution in [2.45, 2.75) is 46.1 Å². The normalized spacial score (nSPS) is 14.2. The molecule has 0 saturated heterocycles. The van der Waals surface area contributed by atoms with E-state index in [9.17, 15) is 0 Å². The molecule has 1 aromatic carbocycles. The molecule has 0 unspecified atom stereocenters. The Balaban J connectivity index is 2.31. The van der Waals surface area contributed by atoms with Crippen molar-refractivity contribution >= 4 is 21.8 Å². The van der Waals surface area contributed by atoms with Crippen molar-refractivity contribution < 1.29 is 5.21 Å². The van der Waals surface area contributed by atoms with Gasteiger partial charge in [-0.2, -0.15) is 0 Å².